The maximum atomic E-state index is 14.1. The lowest BCUT2D eigenvalue weighted by atomic mass is 9.87. The van der Waals surface area contributed by atoms with Crippen LogP contribution in [0.3, 0.4) is 0 Å². The quantitative estimate of drug-likeness (QED) is 0.219. The molecule has 0 aliphatic heterocycles. The number of aliphatic imine (C=N–C) groups is 2. The lowest BCUT2D eigenvalue weighted by Gasteiger charge is -2.22. The van der Waals surface area contributed by atoms with Gasteiger partial charge in [0.25, 0.3) is 0 Å². The largest absolute Gasteiger partial charge is 0.246 e. The summed E-state index contributed by atoms with van der Waals surface area (Å²) in [6, 6.07) is 14.2. The van der Waals surface area contributed by atoms with Crippen LogP contribution in [0.4, 0.5) is 17.6 Å². The molecule has 1 aliphatic rings. The second-order valence-electron chi connectivity index (χ2n) is 8.16. The van der Waals surface area contributed by atoms with Crippen LogP contribution in [-0.4, -0.2) is 21.4 Å². The summed E-state index contributed by atoms with van der Waals surface area (Å²) in [4.78, 5) is 17.3. The van der Waals surface area contributed by atoms with Gasteiger partial charge in [0.2, 0.25) is 12.4 Å². The number of hydrogen-bond donors (Lipinski definition) is 0. The number of fused-ring (bicyclic) bond motifs is 2. The Hall–Kier alpha value is -5.22. The molecule has 38 heavy (non-hydrogen) atoms. The normalized spacial score (nSPS) is 14.1. The van der Waals surface area contributed by atoms with Gasteiger partial charge in [-0.05, 0) is 36.4 Å². The van der Waals surface area contributed by atoms with Crippen molar-refractivity contribution in [2.24, 2.45) is 9.98 Å². The molecular weight excluding hydrogens is 496 g/mol. The van der Waals surface area contributed by atoms with E-state index in [1.165, 1.54) is 24.3 Å². The monoisotopic (exact) mass is 510 g/mol. The maximum absolute atomic E-state index is 14.1. The van der Waals surface area contributed by atoms with Gasteiger partial charge in [-0.1, -0.05) is 24.3 Å². The van der Waals surface area contributed by atoms with Crippen LogP contribution in [0.1, 0.15) is 33.6 Å². The van der Waals surface area contributed by atoms with E-state index in [1.54, 1.807) is 36.7 Å². The van der Waals surface area contributed by atoms with Crippen LogP contribution in [0.5, 0.6) is 0 Å². The number of hydrogen-bond acceptors (Lipinski definition) is 6. The fourth-order valence-electron chi connectivity index (χ4n) is 4.29. The first-order valence-corrected chi connectivity index (χ1v) is 11.2. The average Bonchev–Trinajstić information content (AvgIpc) is 2.94. The van der Waals surface area contributed by atoms with Gasteiger partial charge in [0.1, 0.15) is 47.8 Å². The summed E-state index contributed by atoms with van der Waals surface area (Å²) in [6.45, 7) is -2.16. The van der Waals surface area contributed by atoms with Crippen molar-refractivity contribution in [1.82, 2.24) is 9.97 Å². The van der Waals surface area contributed by atoms with E-state index in [4.69, 9.17) is 9.97 Å². The predicted molar refractivity (Wildman–Crippen MR) is 131 cm³/mol. The molecule has 184 valence electrons. The smallest absolute Gasteiger partial charge is 0.206 e. The Bertz CT molecular complexity index is 1620. The van der Waals surface area contributed by atoms with Crippen molar-refractivity contribution in [2.75, 3.05) is 0 Å². The molecular formula is C28H14F4N6. The highest BCUT2D eigenvalue weighted by molar-refractivity contribution is 6.30. The van der Waals surface area contributed by atoms with Crippen molar-refractivity contribution < 1.29 is 17.6 Å². The van der Waals surface area contributed by atoms with E-state index in [0.717, 1.165) is 12.1 Å². The molecule has 0 radical (unpaired) electrons. The first-order chi connectivity index (χ1) is 18.5. The van der Waals surface area contributed by atoms with E-state index in [0.29, 0.717) is 11.1 Å². The third-order valence-corrected chi connectivity index (χ3v) is 6.03. The zero-order chi connectivity index (χ0) is 26.8. The van der Waals surface area contributed by atoms with E-state index in [1.807, 2.05) is 0 Å². The molecule has 6 nitrogen and oxygen atoms in total. The lowest BCUT2D eigenvalue weighted by molar-refractivity contribution is 0.463. The van der Waals surface area contributed by atoms with Gasteiger partial charge in [0.15, 0.2) is 0 Å². The maximum Gasteiger partial charge on any atom is 0.206 e. The molecule has 0 amide bonds. The second-order valence-corrected chi connectivity index (χ2v) is 8.16. The summed E-state index contributed by atoms with van der Waals surface area (Å²) in [7, 11) is 0. The molecule has 0 N–H and O–H groups in total. The van der Waals surface area contributed by atoms with Crippen LogP contribution >= 0.6 is 0 Å². The summed E-state index contributed by atoms with van der Waals surface area (Å²) in [5.41, 5.74) is 1.83. The van der Waals surface area contributed by atoms with E-state index >= 15 is 0 Å². The first kappa shape index (κ1) is 24.5. The van der Waals surface area contributed by atoms with Crippen molar-refractivity contribution in [3.05, 3.63) is 106 Å². The summed E-state index contributed by atoms with van der Waals surface area (Å²) >= 11 is 0. The van der Waals surface area contributed by atoms with Crippen molar-refractivity contribution in [2.45, 2.75) is 13.3 Å². The van der Waals surface area contributed by atoms with E-state index in [2.05, 4.69) is 9.98 Å². The van der Waals surface area contributed by atoms with Gasteiger partial charge in [-0.2, -0.15) is 20.5 Å². The topological polar surface area (TPSA) is 98.1 Å². The Labute approximate surface area is 213 Å². The Balaban J connectivity index is 1.90. The van der Waals surface area contributed by atoms with Gasteiger partial charge in [-0.25, -0.2) is 27.5 Å². The minimum atomic E-state index is -1.08. The Morgan fingerprint density at radius 3 is 1.42 bits per heavy atom. The molecule has 1 aromatic heterocycles. The lowest BCUT2D eigenvalue weighted by Crippen LogP contribution is -2.26. The Morgan fingerprint density at radius 2 is 1.05 bits per heavy atom. The number of aromatic nitrogens is 2. The molecule has 0 fully saturated rings. The van der Waals surface area contributed by atoms with Crippen molar-refractivity contribution in [3.63, 3.8) is 0 Å². The average molecular weight is 510 g/mol. The van der Waals surface area contributed by atoms with Gasteiger partial charge >= 0.3 is 0 Å². The number of nitrogens with zero attached hydrogens (tertiary/aromatic N) is 6. The van der Waals surface area contributed by atoms with E-state index in [-0.39, 0.29) is 56.5 Å². The molecule has 1 heterocycles. The number of benzene rings is 3. The fourth-order valence-corrected chi connectivity index (χ4v) is 4.29. The van der Waals surface area contributed by atoms with Gasteiger partial charge in [0, 0.05) is 33.4 Å². The van der Waals surface area contributed by atoms with Gasteiger partial charge < -0.3 is 0 Å². The fraction of sp³-hybridized carbons (Fsp3) is 0.0714. The minimum absolute atomic E-state index is 0.108. The summed E-state index contributed by atoms with van der Waals surface area (Å²) < 4.78 is 55.3. The Kier molecular flexibility index (Phi) is 6.46. The highest BCUT2D eigenvalue weighted by Gasteiger charge is 2.32. The number of alkyl halides is 2. The molecule has 3 aromatic carbocycles. The summed E-state index contributed by atoms with van der Waals surface area (Å²) in [5.74, 6) is -1.51. The summed E-state index contributed by atoms with van der Waals surface area (Å²) in [5, 5.41) is 18.8. The molecule has 4 aromatic rings. The summed E-state index contributed by atoms with van der Waals surface area (Å²) in [6.07, 6.45) is 3.50. The molecule has 0 spiro atoms. The number of nitriles is 2. The third kappa shape index (κ3) is 4.08. The van der Waals surface area contributed by atoms with E-state index in [9.17, 15) is 28.1 Å². The van der Waals surface area contributed by atoms with Gasteiger partial charge in [-0.15, -0.1) is 0 Å². The second kappa shape index (κ2) is 10.0. The molecule has 0 atom stereocenters. The number of halogens is 4. The van der Waals surface area contributed by atoms with E-state index < -0.39 is 25.0 Å². The molecule has 0 saturated carbocycles. The molecule has 1 aliphatic carbocycles. The van der Waals surface area contributed by atoms with Gasteiger partial charge in [0.05, 0.1) is 11.4 Å². The third-order valence-electron chi connectivity index (χ3n) is 6.03. The highest BCUT2D eigenvalue weighted by atomic mass is 19.1. The Morgan fingerprint density at radius 1 is 0.632 bits per heavy atom. The molecule has 0 saturated heterocycles. The molecule has 0 bridgehead atoms. The first-order valence-electron chi connectivity index (χ1n) is 11.2. The van der Waals surface area contributed by atoms with Crippen molar-refractivity contribution >= 4 is 11.4 Å². The SMILES string of the molecule is N#CN=C1c2ccccc2C(=NC#N)c2nc(-c3ccc(F)c(CF)c3)c(-c3ccc(F)c(CF)c3)nc21. The minimum Gasteiger partial charge on any atom is -0.246 e. The highest BCUT2D eigenvalue weighted by Crippen LogP contribution is 2.36. The number of rotatable bonds is 4. The van der Waals surface area contributed by atoms with Crippen LogP contribution in [0.15, 0.2) is 70.6 Å². The zero-order valence-corrected chi connectivity index (χ0v) is 19.4. The van der Waals surface area contributed by atoms with Crippen LogP contribution in [0, 0.1) is 34.5 Å². The van der Waals surface area contributed by atoms with Crippen LogP contribution in [0.25, 0.3) is 22.5 Å². The zero-order valence-electron chi connectivity index (χ0n) is 19.4. The van der Waals surface area contributed by atoms with Crippen LogP contribution in [-0.2, 0) is 13.3 Å². The molecule has 0 unspecified atom stereocenters. The molecule has 5 rings (SSSR count). The van der Waals surface area contributed by atoms with Crippen LogP contribution in [0.2, 0.25) is 0 Å². The van der Waals surface area contributed by atoms with Crippen molar-refractivity contribution in [3.8, 4) is 34.9 Å². The van der Waals surface area contributed by atoms with Crippen molar-refractivity contribution in [1.29, 1.82) is 10.5 Å². The predicted octanol–water partition coefficient (Wildman–Crippen LogP) is 5.98. The van der Waals surface area contributed by atoms with Gasteiger partial charge in [-0.3, -0.25) is 0 Å². The molecule has 10 heteroatoms. The standard InChI is InChI=1S/C28H14F4N6/c29-11-17-9-15(5-7-21(17)31)23-24(16-6-8-22(32)18(10-16)12-30)38-28-26(36-14-34)20-4-2-1-3-19(20)25(35-13-33)27(28)37-23/h1-10H,11-12H2. The van der Waals surface area contributed by atoms with Crippen LogP contribution < -0.4 is 0 Å².